The zero-order chi connectivity index (χ0) is 12.5. The molecule has 1 atom stereocenters. The van der Waals surface area contributed by atoms with Crippen LogP contribution in [0.25, 0.3) is 0 Å². The SMILES string of the molecule is CNC1CCN(S(=O)(=O)c2ccccc2C)C1.Cl. The minimum absolute atomic E-state index is 0. The Balaban J connectivity index is 0.00000162. The lowest BCUT2D eigenvalue weighted by Gasteiger charge is -2.17. The van der Waals surface area contributed by atoms with Crippen LogP contribution >= 0.6 is 12.4 Å². The van der Waals surface area contributed by atoms with E-state index in [9.17, 15) is 8.42 Å². The van der Waals surface area contributed by atoms with Crippen molar-refractivity contribution in [2.45, 2.75) is 24.3 Å². The number of halogens is 1. The molecule has 102 valence electrons. The van der Waals surface area contributed by atoms with Crippen LogP contribution in [0.3, 0.4) is 0 Å². The first kappa shape index (κ1) is 15.4. The lowest BCUT2D eigenvalue weighted by atomic mass is 10.2. The van der Waals surface area contributed by atoms with E-state index in [4.69, 9.17) is 0 Å². The highest BCUT2D eigenvalue weighted by molar-refractivity contribution is 7.89. The van der Waals surface area contributed by atoms with Crippen molar-refractivity contribution in [2.24, 2.45) is 0 Å². The van der Waals surface area contributed by atoms with Crippen molar-refractivity contribution in [3.8, 4) is 0 Å². The van der Waals surface area contributed by atoms with E-state index < -0.39 is 10.0 Å². The van der Waals surface area contributed by atoms with Gasteiger partial charge in [-0.25, -0.2) is 8.42 Å². The van der Waals surface area contributed by atoms with Crippen molar-refractivity contribution in [3.05, 3.63) is 29.8 Å². The maximum Gasteiger partial charge on any atom is 0.243 e. The van der Waals surface area contributed by atoms with Crippen molar-refractivity contribution in [1.29, 1.82) is 0 Å². The topological polar surface area (TPSA) is 49.4 Å². The van der Waals surface area contributed by atoms with Crippen molar-refractivity contribution in [2.75, 3.05) is 20.1 Å². The molecule has 2 rings (SSSR count). The number of likely N-dealkylation sites (N-methyl/N-ethyl adjacent to an activating group) is 1. The van der Waals surface area contributed by atoms with Gasteiger partial charge in [0.2, 0.25) is 10.0 Å². The first-order valence-electron chi connectivity index (χ1n) is 5.79. The molecular weight excluding hydrogens is 272 g/mol. The smallest absolute Gasteiger partial charge is 0.243 e. The molecule has 1 aliphatic rings. The molecule has 1 aliphatic heterocycles. The summed E-state index contributed by atoms with van der Waals surface area (Å²) in [7, 11) is -1.45. The first-order chi connectivity index (χ1) is 8.05. The minimum Gasteiger partial charge on any atom is -0.316 e. The zero-order valence-electron chi connectivity index (χ0n) is 10.6. The van der Waals surface area contributed by atoms with Crippen molar-refractivity contribution in [1.82, 2.24) is 9.62 Å². The molecule has 6 heteroatoms. The fraction of sp³-hybridized carbons (Fsp3) is 0.500. The monoisotopic (exact) mass is 290 g/mol. The summed E-state index contributed by atoms with van der Waals surface area (Å²) in [5.41, 5.74) is 0.806. The molecule has 1 unspecified atom stereocenters. The van der Waals surface area contributed by atoms with Crippen LogP contribution in [0.5, 0.6) is 0 Å². The van der Waals surface area contributed by atoms with Gasteiger partial charge in [-0.1, -0.05) is 18.2 Å². The molecule has 4 nitrogen and oxygen atoms in total. The fourth-order valence-corrected chi connectivity index (χ4v) is 3.89. The molecule has 0 spiro atoms. The second-order valence-electron chi connectivity index (χ2n) is 4.40. The largest absolute Gasteiger partial charge is 0.316 e. The van der Waals surface area contributed by atoms with Gasteiger partial charge in [-0.05, 0) is 32.0 Å². The Labute approximate surface area is 115 Å². The zero-order valence-corrected chi connectivity index (χ0v) is 12.2. The summed E-state index contributed by atoms with van der Waals surface area (Å²) in [4.78, 5) is 0.428. The highest BCUT2D eigenvalue weighted by Crippen LogP contribution is 2.23. The third kappa shape index (κ3) is 2.85. The van der Waals surface area contributed by atoms with Gasteiger partial charge >= 0.3 is 0 Å². The van der Waals surface area contributed by atoms with Crippen molar-refractivity contribution >= 4 is 22.4 Å². The van der Waals surface area contributed by atoms with Gasteiger partial charge in [-0.2, -0.15) is 4.31 Å². The van der Waals surface area contributed by atoms with Crippen LogP contribution in [-0.4, -0.2) is 38.9 Å². The number of nitrogens with one attached hydrogen (secondary N) is 1. The normalized spacial score (nSPS) is 20.7. The third-order valence-corrected chi connectivity index (χ3v) is 5.30. The van der Waals surface area contributed by atoms with Gasteiger partial charge in [-0.15, -0.1) is 12.4 Å². The van der Waals surface area contributed by atoms with Crippen LogP contribution in [0.2, 0.25) is 0 Å². The van der Waals surface area contributed by atoms with Crippen LogP contribution in [0, 0.1) is 6.92 Å². The van der Waals surface area contributed by atoms with E-state index in [1.165, 1.54) is 0 Å². The fourth-order valence-electron chi connectivity index (χ4n) is 2.17. The predicted octanol–water partition coefficient (Wildman–Crippen LogP) is 1.40. The average Bonchev–Trinajstić information content (AvgIpc) is 2.78. The Hall–Kier alpha value is -0.620. The second-order valence-corrected chi connectivity index (χ2v) is 6.31. The summed E-state index contributed by atoms with van der Waals surface area (Å²) in [5, 5.41) is 3.13. The molecule has 0 radical (unpaired) electrons. The van der Waals surface area contributed by atoms with Crippen LogP contribution in [0.1, 0.15) is 12.0 Å². The number of hydrogen-bond donors (Lipinski definition) is 1. The molecular formula is C12H19ClN2O2S. The Kier molecular flexibility index (Phi) is 5.16. The van der Waals surface area contributed by atoms with Gasteiger partial charge in [0.1, 0.15) is 0 Å². The predicted molar refractivity (Wildman–Crippen MR) is 74.7 cm³/mol. The van der Waals surface area contributed by atoms with Crippen LogP contribution in [0.4, 0.5) is 0 Å². The van der Waals surface area contributed by atoms with E-state index in [1.807, 2.05) is 26.1 Å². The molecule has 1 heterocycles. The summed E-state index contributed by atoms with van der Waals surface area (Å²) in [6, 6.07) is 7.41. The molecule has 0 amide bonds. The molecule has 1 aromatic carbocycles. The molecule has 0 saturated carbocycles. The maximum atomic E-state index is 12.4. The van der Waals surface area contributed by atoms with Gasteiger partial charge in [0, 0.05) is 19.1 Å². The summed E-state index contributed by atoms with van der Waals surface area (Å²) in [5.74, 6) is 0. The van der Waals surface area contributed by atoms with E-state index in [0.29, 0.717) is 18.0 Å². The lowest BCUT2D eigenvalue weighted by Crippen LogP contribution is -2.33. The van der Waals surface area contributed by atoms with Gasteiger partial charge in [0.05, 0.1) is 4.90 Å². The van der Waals surface area contributed by atoms with E-state index in [0.717, 1.165) is 12.0 Å². The van der Waals surface area contributed by atoms with Crippen LogP contribution in [0.15, 0.2) is 29.2 Å². The minimum atomic E-state index is -3.32. The molecule has 0 aliphatic carbocycles. The molecule has 18 heavy (non-hydrogen) atoms. The Morgan fingerprint density at radius 2 is 2.00 bits per heavy atom. The second kappa shape index (κ2) is 6.02. The number of aryl methyl sites for hydroxylation is 1. The summed E-state index contributed by atoms with van der Waals surface area (Å²) in [6.07, 6.45) is 0.877. The third-order valence-electron chi connectivity index (χ3n) is 3.27. The van der Waals surface area contributed by atoms with Gasteiger partial charge in [-0.3, -0.25) is 0 Å². The molecule has 1 fully saturated rings. The standard InChI is InChI=1S/C12H18N2O2S.ClH/c1-10-5-3-4-6-12(10)17(15,16)14-8-7-11(9-14)13-2;/h3-6,11,13H,7-9H2,1-2H3;1H. The summed E-state index contributed by atoms with van der Waals surface area (Å²) in [6.45, 7) is 2.99. The van der Waals surface area contributed by atoms with Gasteiger partial charge < -0.3 is 5.32 Å². The Bertz CT molecular complexity index is 505. The highest BCUT2D eigenvalue weighted by Gasteiger charge is 2.32. The summed E-state index contributed by atoms with van der Waals surface area (Å²) >= 11 is 0. The maximum absolute atomic E-state index is 12.4. The number of hydrogen-bond acceptors (Lipinski definition) is 3. The van der Waals surface area contributed by atoms with Crippen molar-refractivity contribution < 1.29 is 8.42 Å². The van der Waals surface area contributed by atoms with Gasteiger partial charge in [0.15, 0.2) is 0 Å². The summed E-state index contributed by atoms with van der Waals surface area (Å²) < 4.78 is 26.4. The van der Waals surface area contributed by atoms with E-state index in [-0.39, 0.29) is 18.4 Å². The number of nitrogens with zero attached hydrogens (tertiary/aromatic N) is 1. The average molecular weight is 291 g/mol. The molecule has 0 aromatic heterocycles. The van der Waals surface area contributed by atoms with Crippen LogP contribution in [-0.2, 0) is 10.0 Å². The highest BCUT2D eigenvalue weighted by atomic mass is 35.5. The number of benzene rings is 1. The molecule has 1 saturated heterocycles. The Morgan fingerprint density at radius 1 is 1.33 bits per heavy atom. The lowest BCUT2D eigenvalue weighted by molar-refractivity contribution is 0.464. The van der Waals surface area contributed by atoms with E-state index in [2.05, 4.69) is 5.32 Å². The van der Waals surface area contributed by atoms with Gasteiger partial charge in [0.25, 0.3) is 0 Å². The van der Waals surface area contributed by atoms with E-state index in [1.54, 1.807) is 16.4 Å². The van der Waals surface area contributed by atoms with Crippen molar-refractivity contribution in [3.63, 3.8) is 0 Å². The first-order valence-corrected chi connectivity index (χ1v) is 7.23. The number of rotatable bonds is 3. The molecule has 1 N–H and O–H groups in total. The Morgan fingerprint density at radius 3 is 2.56 bits per heavy atom. The number of sulfonamides is 1. The molecule has 0 bridgehead atoms. The quantitative estimate of drug-likeness (QED) is 0.915. The van der Waals surface area contributed by atoms with Crippen LogP contribution < -0.4 is 5.32 Å². The van der Waals surface area contributed by atoms with E-state index >= 15 is 0 Å². The molecule has 1 aromatic rings.